The van der Waals surface area contributed by atoms with Crippen molar-refractivity contribution < 1.29 is 14.3 Å². The fraction of sp³-hybridized carbons (Fsp3) is 0.242. The lowest BCUT2D eigenvalue weighted by Crippen LogP contribution is -2.37. The summed E-state index contributed by atoms with van der Waals surface area (Å²) in [5.41, 5.74) is 3.10. The van der Waals surface area contributed by atoms with Crippen molar-refractivity contribution >= 4 is 11.6 Å². The lowest BCUT2D eigenvalue weighted by molar-refractivity contribution is -0.115. The maximum Gasteiger partial charge on any atom is 0.228 e. The number of benzene rings is 4. The van der Waals surface area contributed by atoms with E-state index in [-0.39, 0.29) is 5.91 Å². The highest BCUT2D eigenvalue weighted by molar-refractivity contribution is 5.92. The molecular weight excluding hydrogens is 472 g/mol. The molecule has 1 amide bonds. The van der Waals surface area contributed by atoms with Gasteiger partial charge in [0.1, 0.15) is 17.2 Å². The quantitative estimate of drug-likeness (QED) is 0.253. The van der Waals surface area contributed by atoms with Gasteiger partial charge in [-0.05, 0) is 79.0 Å². The summed E-state index contributed by atoms with van der Waals surface area (Å²) < 4.78 is 12.1. The minimum Gasteiger partial charge on any atom is -0.493 e. The van der Waals surface area contributed by atoms with E-state index in [9.17, 15) is 4.79 Å². The Morgan fingerprint density at radius 3 is 2.11 bits per heavy atom. The molecule has 0 radical (unpaired) electrons. The summed E-state index contributed by atoms with van der Waals surface area (Å²) in [6, 6.07) is 35.6. The number of carbonyl (C=O) groups is 1. The topological polar surface area (TPSA) is 50.8 Å². The molecule has 1 atom stereocenters. The SMILES string of the molecule is O=C(Cc1ccc(Oc2ccc(OCC3CCCN(Cc4ccccc4)C3)cc2)cc1)Nc1ccccc1. The zero-order valence-electron chi connectivity index (χ0n) is 21.6. The average Bonchev–Trinajstić information content (AvgIpc) is 2.95. The maximum absolute atomic E-state index is 12.3. The van der Waals surface area contributed by atoms with E-state index in [0.717, 1.165) is 54.7 Å². The first kappa shape index (κ1) is 25.6. The van der Waals surface area contributed by atoms with Gasteiger partial charge in [0.05, 0.1) is 13.0 Å². The molecule has 0 spiro atoms. The summed E-state index contributed by atoms with van der Waals surface area (Å²) in [4.78, 5) is 14.8. The normalized spacial score (nSPS) is 15.5. The van der Waals surface area contributed by atoms with Crippen LogP contribution in [-0.2, 0) is 17.8 Å². The van der Waals surface area contributed by atoms with Gasteiger partial charge < -0.3 is 14.8 Å². The number of hydrogen-bond acceptors (Lipinski definition) is 4. The fourth-order valence-corrected chi connectivity index (χ4v) is 4.81. The predicted molar refractivity (Wildman–Crippen MR) is 152 cm³/mol. The Bertz CT molecular complexity index is 1280. The highest BCUT2D eigenvalue weighted by Gasteiger charge is 2.20. The van der Waals surface area contributed by atoms with Crippen molar-refractivity contribution in [3.05, 3.63) is 120 Å². The Morgan fingerprint density at radius 1 is 0.763 bits per heavy atom. The molecule has 1 aliphatic heterocycles. The van der Waals surface area contributed by atoms with Crippen molar-refractivity contribution in [3.63, 3.8) is 0 Å². The van der Waals surface area contributed by atoms with Crippen LogP contribution in [0.15, 0.2) is 109 Å². The number of piperidine rings is 1. The van der Waals surface area contributed by atoms with E-state index in [1.807, 2.05) is 78.9 Å². The first-order valence-electron chi connectivity index (χ1n) is 13.3. The second-order valence-electron chi connectivity index (χ2n) is 9.85. The van der Waals surface area contributed by atoms with Crippen LogP contribution in [0, 0.1) is 5.92 Å². The molecule has 38 heavy (non-hydrogen) atoms. The zero-order valence-corrected chi connectivity index (χ0v) is 21.6. The largest absolute Gasteiger partial charge is 0.493 e. The van der Waals surface area contributed by atoms with Crippen LogP contribution < -0.4 is 14.8 Å². The highest BCUT2D eigenvalue weighted by Crippen LogP contribution is 2.26. The maximum atomic E-state index is 12.3. The first-order valence-corrected chi connectivity index (χ1v) is 13.3. The molecule has 1 aliphatic rings. The molecule has 5 nitrogen and oxygen atoms in total. The summed E-state index contributed by atoms with van der Waals surface area (Å²) in [7, 11) is 0. The minimum atomic E-state index is -0.0439. The third kappa shape index (κ3) is 7.70. The standard InChI is InChI=1S/C33H34N2O3/c36-33(34-29-11-5-2-6-12-29)22-26-13-15-31(16-14-26)38-32-19-17-30(18-20-32)37-25-28-10-7-21-35(24-28)23-27-8-3-1-4-9-27/h1-6,8-9,11-20,28H,7,10,21-25H2,(H,34,36). The molecule has 1 fully saturated rings. The number of rotatable bonds is 10. The Labute approximate surface area is 225 Å². The van der Waals surface area contributed by atoms with E-state index >= 15 is 0 Å². The van der Waals surface area contributed by atoms with Gasteiger partial charge in [0.25, 0.3) is 0 Å². The molecule has 0 aliphatic carbocycles. The molecule has 4 aromatic rings. The molecule has 0 aromatic heterocycles. The second-order valence-corrected chi connectivity index (χ2v) is 9.85. The third-order valence-corrected chi connectivity index (χ3v) is 6.74. The van der Waals surface area contributed by atoms with Gasteiger partial charge >= 0.3 is 0 Å². The molecule has 1 heterocycles. The molecule has 4 aromatic carbocycles. The van der Waals surface area contributed by atoms with Gasteiger partial charge in [0.15, 0.2) is 0 Å². The van der Waals surface area contributed by atoms with Crippen molar-refractivity contribution in [2.45, 2.75) is 25.8 Å². The molecular formula is C33H34N2O3. The summed E-state index contributed by atoms with van der Waals surface area (Å²) >= 11 is 0. The Hall–Kier alpha value is -4.09. The molecule has 5 heteroatoms. The van der Waals surface area contributed by atoms with Gasteiger partial charge in [0.2, 0.25) is 5.91 Å². The van der Waals surface area contributed by atoms with E-state index in [4.69, 9.17) is 9.47 Å². The van der Waals surface area contributed by atoms with Crippen LogP contribution in [0.2, 0.25) is 0 Å². The lowest BCUT2D eigenvalue weighted by Gasteiger charge is -2.32. The number of amides is 1. The summed E-state index contributed by atoms with van der Waals surface area (Å²) in [5.74, 6) is 2.83. The third-order valence-electron chi connectivity index (χ3n) is 6.74. The Kier molecular flexibility index (Phi) is 8.69. The summed E-state index contributed by atoms with van der Waals surface area (Å²) in [6.07, 6.45) is 2.73. The first-order chi connectivity index (χ1) is 18.7. The van der Waals surface area contributed by atoms with Crippen molar-refractivity contribution in [2.24, 2.45) is 5.92 Å². The lowest BCUT2D eigenvalue weighted by atomic mass is 9.98. The number of ether oxygens (including phenoxy) is 2. The number of para-hydroxylation sites is 1. The minimum absolute atomic E-state index is 0.0439. The average molecular weight is 507 g/mol. The van der Waals surface area contributed by atoms with Crippen molar-refractivity contribution in [2.75, 3.05) is 25.0 Å². The number of carbonyl (C=O) groups excluding carboxylic acids is 1. The molecule has 1 N–H and O–H groups in total. The Morgan fingerprint density at radius 2 is 1.39 bits per heavy atom. The highest BCUT2D eigenvalue weighted by atomic mass is 16.5. The van der Waals surface area contributed by atoms with Gasteiger partial charge in [0, 0.05) is 24.7 Å². The van der Waals surface area contributed by atoms with E-state index < -0.39 is 0 Å². The van der Waals surface area contributed by atoms with Crippen molar-refractivity contribution in [3.8, 4) is 17.2 Å². The van der Waals surface area contributed by atoms with Crippen LogP contribution in [0.4, 0.5) is 5.69 Å². The molecule has 0 bridgehead atoms. The number of hydrogen-bond donors (Lipinski definition) is 1. The number of likely N-dealkylation sites (tertiary alicyclic amines) is 1. The second kappa shape index (κ2) is 12.9. The van der Waals surface area contributed by atoms with E-state index in [0.29, 0.717) is 12.3 Å². The van der Waals surface area contributed by atoms with E-state index in [2.05, 4.69) is 40.5 Å². The molecule has 1 saturated heterocycles. The van der Waals surface area contributed by atoms with Crippen LogP contribution in [-0.4, -0.2) is 30.5 Å². The van der Waals surface area contributed by atoms with Crippen LogP contribution in [0.25, 0.3) is 0 Å². The molecule has 5 rings (SSSR count). The van der Waals surface area contributed by atoms with Gasteiger partial charge in [-0.15, -0.1) is 0 Å². The zero-order chi connectivity index (χ0) is 26.0. The predicted octanol–water partition coefficient (Wildman–Crippen LogP) is 6.95. The number of nitrogens with zero attached hydrogens (tertiary/aromatic N) is 1. The van der Waals surface area contributed by atoms with Crippen molar-refractivity contribution in [1.29, 1.82) is 0 Å². The summed E-state index contributed by atoms with van der Waals surface area (Å²) in [6.45, 7) is 3.95. The van der Waals surface area contributed by atoms with Gasteiger partial charge in [-0.2, -0.15) is 0 Å². The smallest absolute Gasteiger partial charge is 0.228 e. The van der Waals surface area contributed by atoms with Gasteiger partial charge in [-0.25, -0.2) is 0 Å². The van der Waals surface area contributed by atoms with Crippen molar-refractivity contribution in [1.82, 2.24) is 4.90 Å². The summed E-state index contributed by atoms with van der Waals surface area (Å²) in [5, 5.41) is 2.91. The van der Waals surface area contributed by atoms with Crippen LogP contribution in [0.5, 0.6) is 17.2 Å². The molecule has 1 unspecified atom stereocenters. The number of nitrogens with one attached hydrogen (secondary N) is 1. The van der Waals surface area contributed by atoms with Gasteiger partial charge in [-0.3, -0.25) is 9.69 Å². The van der Waals surface area contributed by atoms with E-state index in [1.165, 1.54) is 18.4 Å². The Balaban J connectivity index is 1.06. The van der Waals surface area contributed by atoms with Crippen LogP contribution in [0.1, 0.15) is 24.0 Å². The van der Waals surface area contributed by atoms with Gasteiger partial charge in [-0.1, -0.05) is 60.7 Å². The fourth-order valence-electron chi connectivity index (χ4n) is 4.81. The van der Waals surface area contributed by atoms with Crippen LogP contribution >= 0.6 is 0 Å². The molecule has 194 valence electrons. The monoisotopic (exact) mass is 506 g/mol. The van der Waals surface area contributed by atoms with E-state index in [1.54, 1.807) is 0 Å². The number of anilines is 1. The van der Waals surface area contributed by atoms with Crippen LogP contribution in [0.3, 0.4) is 0 Å². The molecule has 0 saturated carbocycles.